The molecular weight excluding hydrogens is 152 g/mol. The Labute approximate surface area is 73.3 Å². The fraction of sp³-hybridized carbons (Fsp3) is 0.700. The first-order chi connectivity index (χ1) is 5.68. The van der Waals surface area contributed by atoms with Crippen molar-refractivity contribution >= 4 is 5.97 Å². The SMILES string of the molecule is CC(C)COC(=O)C#CC1CC1. The first-order valence-electron chi connectivity index (χ1n) is 4.37. The first-order valence-corrected chi connectivity index (χ1v) is 4.37. The van der Waals surface area contributed by atoms with Crippen LogP contribution in [0, 0.1) is 23.7 Å². The summed E-state index contributed by atoms with van der Waals surface area (Å²) in [6.45, 7) is 4.47. The van der Waals surface area contributed by atoms with Crippen molar-refractivity contribution in [3.8, 4) is 11.8 Å². The van der Waals surface area contributed by atoms with Gasteiger partial charge in [0.25, 0.3) is 0 Å². The van der Waals surface area contributed by atoms with Crippen molar-refractivity contribution in [2.24, 2.45) is 11.8 Å². The van der Waals surface area contributed by atoms with E-state index in [1.54, 1.807) is 0 Å². The van der Waals surface area contributed by atoms with E-state index < -0.39 is 0 Å². The predicted octanol–water partition coefficient (Wildman–Crippen LogP) is 1.60. The average molecular weight is 166 g/mol. The van der Waals surface area contributed by atoms with Crippen molar-refractivity contribution in [3.05, 3.63) is 0 Å². The number of carbonyl (C=O) groups excluding carboxylic acids is 1. The molecule has 0 bridgehead atoms. The molecule has 0 spiro atoms. The second-order valence-corrected chi connectivity index (χ2v) is 3.54. The van der Waals surface area contributed by atoms with Gasteiger partial charge in [-0.05, 0) is 18.8 Å². The summed E-state index contributed by atoms with van der Waals surface area (Å²) in [6.07, 6.45) is 2.29. The van der Waals surface area contributed by atoms with Crippen LogP contribution in [-0.4, -0.2) is 12.6 Å². The molecule has 1 rings (SSSR count). The number of rotatable bonds is 2. The van der Waals surface area contributed by atoms with E-state index in [0.29, 0.717) is 18.4 Å². The van der Waals surface area contributed by atoms with Crippen molar-refractivity contribution in [1.82, 2.24) is 0 Å². The second kappa shape index (κ2) is 4.15. The van der Waals surface area contributed by atoms with Crippen LogP contribution in [-0.2, 0) is 9.53 Å². The van der Waals surface area contributed by atoms with Crippen LogP contribution in [0.1, 0.15) is 26.7 Å². The molecule has 0 aliphatic heterocycles. The largest absolute Gasteiger partial charge is 0.456 e. The molecule has 2 heteroatoms. The van der Waals surface area contributed by atoms with Gasteiger partial charge in [-0.15, -0.1) is 0 Å². The molecule has 0 amide bonds. The van der Waals surface area contributed by atoms with Crippen molar-refractivity contribution in [1.29, 1.82) is 0 Å². The minimum atomic E-state index is -0.379. The summed E-state index contributed by atoms with van der Waals surface area (Å²) in [5.41, 5.74) is 0. The Hall–Kier alpha value is -0.970. The third kappa shape index (κ3) is 4.02. The van der Waals surface area contributed by atoms with E-state index in [1.807, 2.05) is 13.8 Å². The van der Waals surface area contributed by atoms with E-state index >= 15 is 0 Å². The molecule has 0 N–H and O–H groups in total. The molecule has 1 fully saturated rings. The summed E-state index contributed by atoms with van der Waals surface area (Å²) >= 11 is 0. The highest BCUT2D eigenvalue weighted by Crippen LogP contribution is 2.27. The van der Waals surface area contributed by atoms with E-state index in [-0.39, 0.29) is 5.97 Å². The van der Waals surface area contributed by atoms with E-state index in [2.05, 4.69) is 11.8 Å². The standard InChI is InChI=1S/C10H14O2/c1-8(2)7-12-10(11)6-5-9-3-4-9/h8-9H,3-4,7H2,1-2H3. The van der Waals surface area contributed by atoms with Gasteiger partial charge in [0, 0.05) is 11.8 Å². The minimum absolute atomic E-state index is 0.379. The van der Waals surface area contributed by atoms with Gasteiger partial charge in [-0.3, -0.25) is 0 Å². The van der Waals surface area contributed by atoms with Crippen LogP contribution < -0.4 is 0 Å². The monoisotopic (exact) mass is 166 g/mol. The zero-order valence-electron chi connectivity index (χ0n) is 7.59. The van der Waals surface area contributed by atoms with Crippen molar-refractivity contribution < 1.29 is 9.53 Å². The molecule has 1 aliphatic carbocycles. The number of hydrogen-bond donors (Lipinski definition) is 0. The summed E-state index contributed by atoms with van der Waals surface area (Å²) < 4.78 is 4.87. The van der Waals surface area contributed by atoms with E-state index in [9.17, 15) is 4.79 Å². The lowest BCUT2D eigenvalue weighted by molar-refractivity contribution is -0.137. The van der Waals surface area contributed by atoms with Crippen LogP contribution in [0.25, 0.3) is 0 Å². The highest BCUT2D eigenvalue weighted by Gasteiger charge is 2.18. The van der Waals surface area contributed by atoms with Gasteiger partial charge in [0.2, 0.25) is 0 Å². The number of hydrogen-bond acceptors (Lipinski definition) is 2. The molecule has 0 atom stereocenters. The quantitative estimate of drug-likeness (QED) is 0.354. The van der Waals surface area contributed by atoms with Crippen LogP contribution in [0.5, 0.6) is 0 Å². The molecular formula is C10H14O2. The maximum absolute atomic E-state index is 10.9. The summed E-state index contributed by atoms with van der Waals surface area (Å²) in [6, 6.07) is 0. The smallest absolute Gasteiger partial charge is 0.384 e. The molecule has 66 valence electrons. The summed E-state index contributed by atoms with van der Waals surface area (Å²) in [4.78, 5) is 10.9. The van der Waals surface area contributed by atoms with E-state index in [1.165, 1.54) is 0 Å². The second-order valence-electron chi connectivity index (χ2n) is 3.54. The molecule has 1 aliphatic rings. The van der Waals surface area contributed by atoms with Gasteiger partial charge in [0.1, 0.15) is 0 Å². The highest BCUT2D eigenvalue weighted by molar-refractivity contribution is 5.88. The van der Waals surface area contributed by atoms with Crippen molar-refractivity contribution in [3.63, 3.8) is 0 Å². The minimum Gasteiger partial charge on any atom is -0.456 e. The van der Waals surface area contributed by atoms with Crippen LogP contribution in [0.15, 0.2) is 0 Å². The molecule has 1 saturated carbocycles. The van der Waals surface area contributed by atoms with Crippen molar-refractivity contribution in [2.75, 3.05) is 6.61 Å². The topological polar surface area (TPSA) is 26.3 Å². The number of carbonyl (C=O) groups is 1. The summed E-state index contributed by atoms with van der Waals surface area (Å²) in [5.74, 6) is 5.82. The predicted molar refractivity (Wildman–Crippen MR) is 46.3 cm³/mol. The molecule has 0 saturated heterocycles. The molecule has 0 aromatic rings. The Balaban J connectivity index is 2.15. The Morgan fingerprint density at radius 1 is 1.58 bits per heavy atom. The first kappa shape index (κ1) is 9.12. The lowest BCUT2D eigenvalue weighted by Gasteiger charge is -2.02. The van der Waals surface area contributed by atoms with E-state index in [0.717, 1.165) is 12.8 Å². The van der Waals surface area contributed by atoms with Crippen LogP contribution >= 0.6 is 0 Å². The van der Waals surface area contributed by atoms with Gasteiger partial charge in [-0.1, -0.05) is 19.8 Å². The molecule has 2 nitrogen and oxygen atoms in total. The average Bonchev–Trinajstić information content (AvgIpc) is 2.80. The zero-order valence-corrected chi connectivity index (χ0v) is 7.59. The zero-order chi connectivity index (χ0) is 8.97. The van der Waals surface area contributed by atoms with Crippen LogP contribution in [0.4, 0.5) is 0 Å². The molecule has 12 heavy (non-hydrogen) atoms. The lowest BCUT2D eigenvalue weighted by atomic mass is 10.2. The molecule has 0 radical (unpaired) electrons. The van der Waals surface area contributed by atoms with Crippen LogP contribution in [0.3, 0.4) is 0 Å². The third-order valence-corrected chi connectivity index (χ3v) is 1.50. The summed E-state index contributed by atoms with van der Waals surface area (Å²) in [7, 11) is 0. The molecule has 0 aromatic carbocycles. The Kier molecular flexibility index (Phi) is 3.16. The van der Waals surface area contributed by atoms with Gasteiger partial charge in [0.15, 0.2) is 0 Å². The Morgan fingerprint density at radius 3 is 2.75 bits per heavy atom. The molecule has 0 unspecified atom stereocenters. The fourth-order valence-electron chi connectivity index (χ4n) is 0.667. The molecule has 0 aromatic heterocycles. The Morgan fingerprint density at radius 2 is 2.25 bits per heavy atom. The number of ether oxygens (including phenoxy) is 1. The fourth-order valence-corrected chi connectivity index (χ4v) is 0.667. The van der Waals surface area contributed by atoms with Crippen molar-refractivity contribution in [2.45, 2.75) is 26.7 Å². The highest BCUT2D eigenvalue weighted by atomic mass is 16.5. The molecule has 0 heterocycles. The van der Waals surface area contributed by atoms with Gasteiger partial charge in [0.05, 0.1) is 6.61 Å². The van der Waals surface area contributed by atoms with Gasteiger partial charge in [-0.2, -0.15) is 0 Å². The number of esters is 1. The van der Waals surface area contributed by atoms with Gasteiger partial charge >= 0.3 is 5.97 Å². The summed E-state index contributed by atoms with van der Waals surface area (Å²) in [5, 5.41) is 0. The normalized spacial score (nSPS) is 15.2. The maximum Gasteiger partial charge on any atom is 0.384 e. The third-order valence-electron chi connectivity index (χ3n) is 1.50. The lowest BCUT2D eigenvalue weighted by Crippen LogP contribution is -2.07. The van der Waals surface area contributed by atoms with Crippen LogP contribution in [0.2, 0.25) is 0 Å². The Bertz CT molecular complexity index is 216. The van der Waals surface area contributed by atoms with Gasteiger partial charge in [-0.25, -0.2) is 4.79 Å². The van der Waals surface area contributed by atoms with E-state index in [4.69, 9.17) is 4.74 Å². The maximum atomic E-state index is 10.9. The van der Waals surface area contributed by atoms with Gasteiger partial charge < -0.3 is 4.74 Å².